The Kier molecular flexibility index (Phi) is 3.14. The van der Waals surface area contributed by atoms with E-state index in [1.165, 1.54) is 12.2 Å². The summed E-state index contributed by atoms with van der Waals surface area (Å²) in [6.45, 7) is 0. The Morgan fingerprint density at radius 2 is 2.06 bits per heavy atom. The van der Waals surface area contributed by atoms with Crippen LogP contribution in [0.25, 0.3) is 0 Å². The number of ether oxygens (including phenoxy) is 1. The van der Waals surface area contributed by atoms with Crippen LogP contribution in [0.2, 0.25) is 5.02 Å². The number of hydroxylamine groups is 2. The van der Waals surface area contributed by atoms with E-state index in [2.05, 4.69) is 0 Å². The SMILES string of the molecule is CON(C)C(=O)[C@@H]1O[C@H]1c1ccc(Cl)cc1. The summed E-state index contributed by atoms with van der Waals surface area (Å²) >= 11 is 5.77. The number of likely N-dealkylation sites (N-methyl/N-ethyl adjacent to an activating group) is 1. The molecule has 1 aliphatic heterocycles. The maximum Gasteiger partial charge on any atom is 0.278 e. The highest BCUT2D eigenvalue weighted by Crippen LogP contribution is 2.39. The molecule has 86 valence electrons. The van der Waals surface area contributed by atoms with Crippen LogP contribution in [-0.2, 0) is 14.4 Å². The highest BCUT2D eigenvalue weighted by atomic mass is 35.5. The molecule has 0 aliphatic carbocycles. The van der Waals surface area contributed by atoms with Crippen molar-refractivity contribution < 1.29 is 14.4 Å². The Morgan fingerprint density at radius 1 is 1.44 bits per heavy atom. The van der Waals surface area contributed by atoms with E-state index in [9.17, 15) is 4.79 Å². The highest BCUT2D eigenvalue weighted by Gasteiger charge is 2.47. The molecule has 0 aromatic heterocycles. The number of amides is 1. The van der Waals surface area contributed by atoms with Gasteiger partial charge in [-0.15, -0.1) is 0 Å². The van der Waals surface area contributed by atoms with Gasteiger partial charge in [-0.3, -0.25) is 9.63 Å². The summed E-state index contributed by atoms with van der Waals surface area (Å²) in [5.41, 5.74) is 0.951. The van der Waals surface area contributed by atoms with Gasteiger partial charge in [-0.25, -0.2) is 5.06 Å². The average molecular weight is 242 g/mol. The lowest BCUT2D eigenvalue weighted by atomic mass is 10.1. The summed E-state index contributed by atoms with van der Waals surface area (Å²) in [5, 5.41) is 1.84. The van der Waals surface area contributed by atoms with Gasteiger partial charge < -0.3 is 4.74 Å². The van der Waals surface area contributed by atoms with Crippen LogP contribution in [0.5, 0.6) is 0 Å². The van der Waals surface area contributed by atoms with Gasteiger partial charge in [-0.2, -0.15) is 0 Å². The van der Waals surface area contributed by atoms with Crippen molar-refractivity contribution in [1.82, 2.24) is 5.06 Å². The molecule has 0 unspecified atom stereocenters. The first-order chi connectivity index (χ1) is 7.63. The molecule has 0 N–H and O–H groups in total. The second-order valence-electron chi connectivity index (χ2n) is 3.55. The Balaban J connectivity index is 2.01. The largest absolute Gasteiger partial charge is 0.354 e. The van der Waals surface area contributed by atoms with Gasteiger partial charge in [0.05, 0.1) is 7.11 Å². The molecule has 1 aromatic carbocycles. The molecule has 0 saturated carbocycles. The van der Waals surface area contributed by atoms with Crippen molar-refractivity contribution in [3.8, 4) is 0 Å². The first-order valence-electron chi connectivity index (χ1n) is 4.86. The van der Waals surface area contributed by atoms with Crippen LogP contribution in [0.3, 0.4) is 0 Å². The number of epoxide rings is 1. The molecule has 1 heterocycles. The van der Waals surface area contributed by atoms with Gasteiger partial charge >= 0.3 is 0 Å². The van der Waals surface area contributed by atoms with Crippen LogP contribution >= 0.6 is 11.6 Å². The number of hydrogen-bond acceptors (Lipinski definition) is 3. The van der Waals surface area contributed by atoms with Crippen molar-refractivity contribution in [2.45, 2.75) is 12.2 Å². The van der Waals surface area contributed by atoms with Gasteiger partial charge in [0.1, 0.15) is 6.10 Å². The minimum Gasteiger partial charge on any atom is -0.354 e. The van der Waals surface area contributed by atoms with Gasteiger partial charge in [0, 0.05) is 12.1 Å². The Labute approximate surface area is 98.7 Å². The van der Waals surface area contributed by atoms with E-state index in [0.29, 0.717) is 5.02 Å². The lowest BCUT2D eigenvalue weighted by Crippen LogP contribution is -2.29. The van der Waals surface area contributed by atoms with Crippen LogP contribution in [0.1, 0.15) is 11.7 Å². The fourth-order valence-electron chi connectivity index (χ4n) is 1.48. The third kappa shape index (κ3) is 2.19. The van der Waals surface area contributed by atoms with Crippen molar-refractivity contribution in [3.63, 3.8) is 0 Å². The maximum absolute atomic E-state index is 11.6. The van der Waals surface area contributed by atoms with E-state index < -0.39 is 6.10 Å². The zero-order valence-electron chi connectivity index (χ0n) is 9.01. The first-order valence-corrected chi connectivity index (χ1v) is 5.24. The second-order valence-corrected chi connectivity index (χ2v) is 3.98. The number of rotatable bonds is 3. The van der Waals surface area contributed by atoms with Crippen LogP contribution in [0.4, 0.5) is 0 Å². The molecule has 1 amide bonds. The second kappa shape index (κ2) is 4.41. The molecule has 4 nitrogen and oxygen atoms in total. The topological polar surface area (TPSA) is 42.1 Å². The van der Waals surface area contributed by atoms with Gasteiger partial charge in [0.2, 0.25) is 0 Å². The molecule has 1 saturated heterocycles. The zero-order chi connectivity index (χ0) is 11.7. The standard InChI is InChI=1S/C11H12ClNO3/c1-13(15-2)11(14)10-9(16-10)7-3-5-8(12)6-4-7/h3-6,9-10H,1-2H3/t9-,10+/m0/s1. The fourth-order valence-corrected chi connectivity index (χ4v) is 1.60. The minimum atomic E-state index is -0.439. The molecule has 1 aromatic rings. The molecule has 0 radical (unpaired) electrons. The Hall–Kier alpha value is -1.10. The van der Waals surface area contributed by atoms with Gasteiger partial charge in [-0.05, 0) is 17.7 Å². The van der Waals surface area contributed by atoms with Crippen LogP contribution in [0, 0.1) is 0 Å². The van der Waals surface area contributed by atoms with Crippen molar-refractivity contribution in [3.05, 3.63) is 34.9 Å². The molecule has 16 heavy (non-hydrogen) atoms. The predicted octanol–water partition coefficient (Wildman–Crippen LogP) is 1.80. The van der Waals surface area contributed by atoms with E-state index in [4.69, 9.17) is 21.2 Å². The lowest BCUT2D eigenvalue weighted by molar-refractivity contribution is -0.170. The summed E-state index contributed by atoms with van der Waals surface area (Å²) in [6, 6.07) is 7.26. The summed E-state index contributed by atoms with van der Waals surface area (Å²) < 4.78 is 5.31. The van der Waals surface area contributed by atoms with Gasteiger partial charge in [0.25, 0.3) is 5.91 Å². The third-order valence-corrected chi connectivity index (χ3v) is 2.77. The average Bonchev–Trinajstić information content (AvgIpc) is 3.08. The number of carbonyl (C=O) groups excluding carboxylic acids is 1. The van der Waals surface area contributed by atoms with Crippen LogP contribution in [0.15, 0.2) is 24.3 Å². The fraction of sp³-hybridized carbons (Fsp3) is 0.364. The predicted molar refractivity (Wildman–Crippen MR) is 58.8 cm³/mol. The number of hydrogen-bond donors (Lipinski definition) is 0. The van der Waals surface area contributed by atoms with E-state index in [1.54, 1.807) is 19.2 Å². The molecule has 1 fully saturated rings. The Bertz CT molecular complexity index is 393. The Morgan fingerprint density at radius 3 is 2.62 bits per heavy atom. The molecule has 2 rings (SSSR count). The molecular formula is C11H12ClNO3. The monoisotopic (exact) mass is 241 g/mol. The number of benzene rings is 1. The van der Waals surface area contributed by atoms with E-state index in [0.717, 1.165) is 5.56 Å². The summed E-state index contributed by atoms with van der Waals surface area (Å²) in [5.74, 6) is -0.178. The number of carbonyl (C=O) groups is 1. The van der Waals surface area contributed by atoms with Gasteiger partial charge in [-0.1, -0.05) is 23.7 Å². The minimum absolute atomic E-state index is 0.178. The van der Waals surface area contributed by atoms with E-state index in [-0.39, 0.29) is 12.0 Å². The number of halogens is 1. The maximum atomic E-state index is 11.6. The van der Waals surface area contributed by atoms with Crippen LogP contribution in [-0.4, -0.2) is 31.2 Å². The third-order valence-electron chi connectivity index (χ3n) is 2.52. The molecule has 0 bridgehead atoms. The lowest BCUT2D eigenvalue weighted by Gasteiger charge is -2.11. The molecule has 0 spiro atoms. The van der Waals surface area contributed by atoms with Crippen molar-refractivity contribution >= 4 is 17.5 Å². The molecular weight excluding hydrogens is 230 g/mol. The first kappa shape index (κ1) is 11.4. The molecule has 2 atom stereocenters. The van der Waals surface area contributed by atoms with Crippen LogP contribution < -0.4 is 0 Å². The zero-order valence-corrected chi connectivity index (χ0v) is 9.77. The van der Waals surface area contributed by atoms with Crippen molar-refractivity contribution in [1.29, 1.82) is 0 Å². The van der Waals surface area contributed by atoms with Crippen molar-refractivity contribution in [2.24, 2.45) is 0 Å². The van der Waals surface area contributed by atoms with E-state index >= 15 is 0 Å². The summed E-state index contributed by atoms with van der Waals surface area (Å²) in [7, 11) is 3.00. The normalized spacial score (nSPS) is 22.9. The smallest absolute Gasteiger partial charge is 0.278 e. The van der Waals surface area contributed by atoms with Gasteiger partial charge in [0.15, 0.2) is 6.10 Å². The quantitative estimate of drug-likeness (QED) is 0.599. The van der Waals surface area contributed by atoms with E-state index in [1.807, 2.05) is 12.1 Å². The number of nitrogens with zero attached hydrogens (tertiary/aromatic N) is 1. The summed E-state index contributed by atoms with van der Waals surface area (Å²) in [6.07, 6.45) is -0.617. The molecule has 5 heteroatoms. The molecule has 1 aliphatic rings. The summed E-state index contributed by atoms with van der Waals surface area (Å²) in [4.78, 5) is 16.4. The van der Waals surface area contributed by atoms with Crippen molar-refractivity contribution in [2.75, 3.05) is 14.2 Å². The highest BCUT2D eigenvalue weighted by molar-refractivity contribution is 6.30.